The van der Waals surface area contributed by atoms with E-state index in [0.29, 0.717) is 17.1 Å². The van der Waals surface area contributed by atoms with Crippen molar-refractivity contribution in [1.29, 1.82) is 5.41 Å². The molecule has 0 radical (unpaired) electrons. The SMILES string of the molecule is Cc1c[nH]c(-c2ccc(NC(=N)N)cc2F)n1.O=[N+]([O-])O.O=[N+]([O-])O. The topological polar surface area (TPSA) is 217 Å². The average molecular weight is 359 g/mol. The maximum atomic E-state index is 13.8. The van der Waals surface area contributed by atoms with Gasteiger partial charge in [-0.15, -0.1) is 20.2 Å². The molecule has 1 heterocycles. The minimum absolute atomic E-state index is 0.231. The molecule has 7 N–H and O–H groups in total. The Morgan fingerprint density at radius 2 is 1.88 bits per heavy atom. The first-order valence-corrected chi connectivity index (χ1v) is 6.12. The van der Waals surface area contributed by atoms with Gasteiger partial charge in [0.25, 0.3) is 10.2 Å². The average Bonchev–Trinajstić information content (AvgIpc) is 2.83. The molecule has 13 nitrogen and oxygen atoms in total. The predicted molar refractivity (Wildman–Crippen MR) is 81.8 cm³/mol. The van der Waals surface area contributed by atoms with E-state index in [-0.39, 0.29) is 5.96 Å². The lowest BCUT2D eigenvalue weighted by molar-refractivity contribution is -0.742. The molecule has 14 heteroatoms. The first-order chi connectivity index (χ1) is 11.5. The largest absolute Gasteiger partial charge is 0.370 e. The van der Waals surface area contributed by atoms with E-state index in [2.05, 4.69) is 15.3 Å². The van der Waals surface area contributed by atoms with Crippen LogP contribution in [-0.2, 0) is 0 Å². The zero-order valence-corrected chi connectivity index (χ0v) is 12.6. The van der Waals surface area contributed by atoms with Gasteiger partial charge in [0, 0.05) is 11.9 Å². The third kappa shape index (κ3) is 9.61. The Labute approximate surface area is 138 Å². The van der Waals surface area contributed by atoms with Gasteiger partial charge in [-0.3, -0.25) is 5.41 Å². The summed E-state index contributed by atoms with van der Waals surface area (Å²) in [6.45, 7) is 1.82. The van der Waals surface area contributed by atoms with Crippen LogP contribution in [0.15, 0.2) is 24.4 Å². The summed E-state index contributed by atoms with van der Waals surface area (Å²) < 4.78 is 13.8. The maximum absolute atomic E-state index is 13.8. The van der Waals surface area contributed by atoms with Crippen LogP contribution in [-0.4, -0.2) is 36.5 Å². The Balaban J connectivity index is 0.000000609. The molecule has 1 aromatic carbocycles. The van der Waals surface area contributed by atoms with Crippen LogP contribution in [0.5, 0.6) is 0 Å². The summed E-state index contributed by atoms with van der Waals surface area (Å²) in [6, 6.07) is 4.49. The molecule has 136 valence electrons. The van der Waals surface area contributed by atoms with Crippen molar-refractivity contribution in [1.82, 2.24) is 9.97 Å². The summed E-state index contributed by atoms with van der Waals surface area (Å²) in [7, 11) is 0. The number of anilines is 1. The first kappa shape index (κ1) is 21.0. The van der Waals surface area contributed by atoms with Crippen LogP contribution in [0, 0.1) is 38.4 Å². The van der Waals surface area contributed by atoms with E-state index < -0.39 is 16.0 Å². The molecule has 0 unspecified atom stereocenters. The Kier molecular flexibility index (Phi) is 8.35. The van der Waals surface area contributed by atoms with E-state index in [4.69, 9.17) is 41.8 Å². The second kappa shape index (κ2) is 9.93. The third-order valence-electron chi connectivity index (χ3n) is 2.21. The second-order valence-corrected chi connectivity index (χ2v) is 4.10. The third-order valence-corrected chi connectivity index (χ3v) is 2.21. The highest BCUT2D eigenvalue weighted by molar-refractivity contribution is 5.89. The van der Waals surface area contributed by atoms with Gasteiger partial charge in [-0.25, -0.2) is 9.37 Å². The maximum Gasteiger partial charge on any atom is 0.291 e. The summed E-state index contributed by atoms with van der Waals surface area (Å²) in [5.41, 5.74) is 6.77. The van der Waals surface area contributed by atoms with Crippen LogP contribution in [0.2, 0.25) is 0 Å². The number of hydrogen-bond acceptors (Lipinski definition) is 6. The van der Waals surface area contributed by atoms with E-state index in [0.717, 1.165) is 5.69 Å². The minimum atomic E-state index is -1.50. The molecule has 0 aliphatic carbocycles. The lowest BCUT2D eigenvalue weighted by Gasteiger charge is -2.05. The van der Waals surface area contributed by atoms with Gasteiger partial charge in [0.1, 0.15) is 11.6 Å². The van der Waals surface area contributed by atoms with Crippen LogP contribution in [0.3, 0.4) is 0 Å². The normalized spacial score (nSPS) is 8.88. The molecule has 0 bridgehead atoms. The van der Waals surface area contributed by atoms with Crippen LogP contribution in [0.4, 0.5) is 10.1 Å². The molecule has 0 aliphatic rings. The number of H-pyrrole nitrogens is 1. The summed E-state index contributed by atoms with van der Waals surface area (Å²) in [6.07, 6.45) is 1.70. The number of imidazole rings is 1. The summed E-state index contributed by atoms with van der Waals surface area (Å²) in [5, 5.41) is 36.8. The molecular weight excluding hydrogens is 345 g/mol. The fourth-order valence-electron chi connectivity index (χ4n) is 1.49. The number of hydrogen-bond donors (Lipinski definition) is 6. The standard InChI is InChI=1S/C11H12FN5.2HNO3/c1-6-5-15-10(16-6)8-3-2-7(4-9(8)12)17-11(13)14;2*2-1(3)4/h2-5H,1H3,(H,15,16)(H4,13,14,17);2*(H,2,3,4). The number of aromatic amines is 1. The van der Waals surface area contributed by atoms with E-state index in [9.17, 15) is 4.39 Å². The molecule has 1 aromatic heterocycles. The highest BCUT2D eigenvalue weighted by atomic mass is 19.1. The molecular formula is C11H14FN7O6. The van der Waals surface area contributed by atoms with Crippen molar-refractivity contribution in [3.8, 4) is 11.4 Å². The zero-order chi connectivity index (χ0) is 19.6. The van der Waals surface area contributed by atoms with E-state index in [1.165, 1.54) is 6.07 Å². The van der Waals surface area contributed by atoms with E-state index >= 15 is 0 Å². The van der Waals surface area contributed by atoms with Crippen molar-refractivity contribution in [2.24, 2.45) is 5.73 Å². The van der Waals surface area contributed by atoms with Gasteiger partial charge in [-0.1, -0.05) is 0 Å². The van der Waals surface area contributed by atoms with Gasteiger partial charge in [0.05, 0.1) is 11.3 Å². The Hall–Kier alpha value is -3.97. The Morgan fingerprint density at radius 3 is 2.24 bits per heavy atom. The minimum Gasteiger partial charge on any atom is -0.370 e. The molecule has 0 saturated heterocycles. The molecule has 0 saturated carbocycles. The fourth-order valence-corrected chi connectivity index (χ4v) is 1.49. The van der Waals surface area contributed by atoms with E-state index in [1.54, 1.807) is 18.3 Å². The van der Waals surface area contributed by atoms with Crippen molar-refractivity contribution in [3.05, 3.63) is 56.1 Å². The number of halogens is 1. The molecule has 0 fully saturated rings. The molecule has 0 spiro atoms. The molecule has 0 amide bonds. The Morgan fingerprint density at radius 1 is 1.36 bits per heavy atom. The van der Waals surface area contributed by atoms with Crippen molar-refractivity contribution in [2.75, 3.05) is 5.32 Å². The summed E-state index contributed by atoms with van der Waals surface area (Å²) >= 11 is 0. The fraction of sp³-hybridized carbons (Fsp3) is 0.0909. The van der Waals surface area contributed by atoms with Crippen molar-refractivity contribution >= 4 is 11.6 Å². The van der Waals surface area contributed by atoms with Gasteiger partial charge in [0.2, 0.25) is 0 Å². The first-order valence-electron chi connectivity index (χ1n) is 6.12. The summed E-state index contributed by atoms with van der Waals surface area (Å²) in [4.78, 5) is 23.8. The number of nitrogens with zero attached hydrogens (tertiary/aromatic N) is 3. The van der Waals surface area contributed by atoms with Crippen LogP contribution >= 0.6 is 0 Å². The number of nitrogens with one attached hydrogen (secondary N) is 3. The highest BCUT2D eigenvalue weighted by Crippen LogP contribution is 2.22. The van der Waals surface area contributed by atoms with Gasteiger partial charge >= 0.3 is 0 Å². The number of aromatic nitrogens is 2. The van der Waals surface area contributed by atoms with Gasteiger partial charge < -0.3 is 26.4 Å². The smallest absolute Gasteiger partial charge is 0.291 e. The molecule has 0 atom stereocenters. The monoisotopic (exact) mass is 359 g/mol. The van der Waals surface area contributed by atoms with E-state index in [1.807, 2.05) is 6.92 Å². The number of rotatable bonds is 2. The molecule has 25 heavy (non-hydrogen) atoms. The van der Waals surface area contributed by atoms with Crippen LogP contribution < -0.4 is 11.1 Å². The van der Waals surface area contributed by atoms with Gasteiger partial charge in [0.15, 0.2) is 5.96 Å². The van der Waals surface area contributed by atoms with Crippen LogP contribution in [0.1, 0.15) is 5.69 Å². The Bertz CT molecular complexity index is 730. The quantitative estimate of drug-likeness (QED) is 0.195. The van der Waals surface area contributed by atoms with Crippen molar-refractivity contribution in [3.63, 3.8) is 0 Å². The molecule has 2 aromatic rings. The number of benzene rings is 1. The highest BCUT2D eigenvalue weighted by Gasteiger charge is 2.09. The van der Waals surface area contributed by atoms with Gasteiger partial charge in [-0.05, 0) is 25.1 Å². The number of aryl methyl sites for hydroxylation is 1. The van der Waals surface area contributed by atoms with Crippen molar-refractivity contribution < 1.29 is 25.0 Å². The van der Waals surface area contributed by atoms with Gasteiger partial charge in [-0.2, -0.15) is 0 Å². The predicted octanol–water partition coefficient (Wildman–Crippen LogP) is 1.13. The van der Waals surface area contributed by atoms with Crippen LogP contribution in [0.25, 0.3) is 11.4 Å². The number of nitrogens with two attached hydrogens (primary N) is 1. The second-order valence-electron chi connectivity index (χ2n) is 4.10. The summed E-state index contributed by atoms with van der Waals surface area (Å²) in [5.74, 6) is -0.175. The zero-order valence-electron chi connectivity index (χ0n) is 12.6. The molecule has 0 aliphatic heterocycles. The van der Waals surface area contributed by atoms with Crippen molar-refractivity contribution in [2.45, 2.75) is 6.92 Å². The number of guanidine groups is 1. The lowest BCUT2D eigenvalue weighted by atomic mass is 10.2. The molecule has 2 rings (SSSR count). The lowest BCUT2D eigenvalue weighted by Crippen LogP contribution is -2.20.